The number of ether oxygens (including phenoxy) is 2. The summed E-state index contributed by atoms with van der Waals surface area (Å²) >= 11 is 11.8. The summed E-state index contributed by atoms with van der Waals surface area (Å²) in [6, 6.07) is 8.42. The Hall–Kier alpha value is -1.84. The minimum Gasteiger partial charge on any atom is -0.496 e. The Kier molecular flexibility index (Phi) is 6.47. The SMILES string of the molecule is COc1ccc(S(=O)(=O)N[C@H]2CCOC2)cc1C(=O)Nc1ccc(Cl)c(Cl)c1. The quantitative estimate of drug-likeness (QED) is 0.712. The summed E-state index contributed by atoms with van der Waals surface area (Å²) in [7, 11) is -2.42. The van der Waals surface area contributed by atoms with Crippen LogP contribution in [0.2, 0.25) is 10.0 Å². The van der Waals surface area contributed by atoms with Gasteiger partial charge in [-0.3, -0.25) is 4.79 Å². The van der Waals surface area contributed by atoms with E-state index in [1.54, 1.807) is 12.1 Å². The number of hydrogen-bond acceptors (Lipinski definition) is 5. The smallest absolute Gasteiger partial charge is 0.259 e. The van der Waals surface area contributed by atoms with Crippen LogP contribution in [0.15, 0.2) is 41.3 Å². The minimum atomic E-state index is -3.81. The molecule has 0 radical (unpaired) electrons. The van der Waals surface area contributed by atoms with Gasteiger partial charge in [0.05, 0.1) is 34.2 Å². The minimum absolute atomic E-state index is 0.0421. The first-order valence-corrected chi connectivity index (χ1v) is 10.6. The number of amides is 1. The first kappa shape index (κ1) is 20.9. The van der Waals surface area contributed by atoms with E-state index in [1.807, 2.05) is 0 Å². The molecular formula is C18H18Cl2N2O5S. The molecule has 0 unspecified atom stereocenters. The zero-order valence-corrected chi connectivity index (χ0v) is 17.2. The van der Waals surface area contributed by atoms with Gasteiger partial charge in [0, 0.05) is 18.3 Å². The molecule has 1 heterocycles. The summed E-state index contributed by atoms with van der Waals surface area (Å²) in [5.74, 6) is -0.308. The maximum absolute atomic E-state index is 12.7. The lowest BCUT2D eigenvalue weighted by molar-refractivity contribution is 0.102. The van der Waals surface area contributed by atoms with Crippen molar-refractivity contribution in [3.8, 4) is 5.75 Å². The van der Waals surface area contributed by atoms with Gasteiger partial charge in [-0.15, -0.1) is 0 Å². The third kappa shape index (κ3) is 4.76. The first-order valence-electron chi connectivity index (χ1n) is 8.34. The molecule has 10 heteroatoms. The Morgan fingerprint density at radius 1 is 1.18 bits per heavy atom. The number of halogens is 2. The van der Waals surface area contributed by atoms with Gasteiger partial charge >= 0.3 is 0 Å². The molecule has 0 spiro atoms. The molecule has 1 fully saturated rings. The third-order valence-corrected chi connectivity index (χ3v) is 6.41. The Labute approximate surface area is 173 Å². The van der Waals surface area contributed by atoms with Crippen molar-refractivity contribution < 1.29 is 22.7 Å². The molecule has 7 nitrogen and oxygen atoms in total. The van der Waals surface area contributed by atoms with Crippen LogP contribution in [0.3, 0.4) is 0 Å². The molecule has 150 valence electrons. The number of anilines is 1. The number of carbonyl (C=O) groups is 1. The van der Waals surface area contributed by atoms with Crippen molar-refractivity contribution in [1.82, 2.24) is 4.72 Å². The highest BCUT2D eigenvalue weighted by Crippen LogP contribution is 2.27. The van der Waals surface area contributed by atoms with Crippen molar-refractivity contribution in [3.63, 3.8) is 0 Å². The van der Waals surface area contributed by atoms with E-state index < -0.39 is 15.9 Å². The van der Waals surface area contributed by atoms with Crippen LogP contribution in [0.4, 0.5) is 5.69 Å². The molecule has 2 N–H and O–H groups in total. The van der Waals surface area contributed by atoms with Crippen LogP contribution >= 0.6 is 23.2 Å². The van der Waals surface area contributed by atoms with Gasteiger partial charge in [0.1, 0.15) is 5.75 Å². The molecule has 1 amide bonds. The maximum atomic E-state index is 12.7. The second-order valence-corrected chi connectivity index (χ2v) is 8.66. The number of nitrogens with one attached hydrogen (secondary N) is 2. The second kappa shape index (κ2) is 8.67. The van der Waals surface area contributed by atoms with Crippen molar-refractivity contribution in [2.45, 2.75) is 17.4 Å². The van der Waals surface area contributed by atoms with Crippen LogP contribution in [0.25, 0.3) is 0 Å². The molecule has 1 aliphatic heterocycles. The van der Waals surface area contributed by atoms with E-state index in [4.69, 9.17) is 32.7 Å². The molecule has 0 aromatic heterocycles. The van der Waals surface area contributed by atoms with Crippen LogP contribution in [0.5, 0.6) is 5.75 Å². The molecular weight excluding hydrogens is 427 g/mol. The largest absolute Gasteiger partial charge is 0.496 e. The molecule has 28 heavy (non-hydrogen) atoms. The van der Waals surface area contributed by atoms with E-state index in [0.717, 1.165) is 0 Å². The molecule has 1 atom stereocenters. The molecule has 0 aliphatic carbocycles. The van der Waals surface area contributed by atoms with E-state index in [9.17, 15) is 13.2 Å². The third-order valence-electron chi connectivity index (χ3n) is 4.15. The zero-order valence-electron chi connectivity index (χ0n) is 14.9. The van der Waals surface area contributed by atoms with Gasteiger partial charge in [0.2, 0.25) is 10.0 Å². The Bertz CT molecular complexity index is 991. The molecule has 0 saturated carbocycles. The van der Waals surface area contributed by atoms with Crippen molar-refractivity contribution in [2.75, 3.05) is 25.6 Å². The van der Waals surface area contributed by atoms with Crippen molar-refractivity contribution in [2.24, 2.45) is 0 Å². The van der Waals surface area contributed by atoms with Gasteiger partial charge in [-0.05, 0) is 42.8 Å². The van der Waals surface area contributed by atoms with E-state index >= 15 is 0 Å². The predicted octanol–water partition coefficient (Wildman–Crippen LogP) is 3.32. The van der Waals surface area contributed by atoms with Crippen molar-refractivity contribution in [1.29, 1.82) is 0 Å². The van der Waals surface area contributed by atoms with E-state index in [0.29, 0.717) is 30.3 Å². The number of benzene rings is 2. The number of carbonyl (C=O) groups excluding carboxylic acids is 1. The van der Waals surface area contributed by atoms with E-state index in [1.165, 1.54) is 31.4 Å². The summed E-state index contributed by atoms with van der Waals surface area (Å²) in [5.41, 5.74) is 0.482. The standard InChI is InChI=1S/C18H18Cl2N2O5S/c1-26-17-5-3-13(28(24,25)22-12-6-7-27-10-12)9-14(17)18(23)21-11-2-4-15(19)16(20)8-11/h2-5,8-9,12,22H,6-7,10H2,1H3,(H,21,23)/t12-/m0/s1. The predicted molar refractivity (Wildman–Crippen MR) is 107 cm³/mol. The fraction of sp³-hybridized carbons (Fsp3) is 0.278. The van der Waals surface area contributed by atoms with Gasteiger partial charge in [-0.25, -0.2) is 13.1 Å². The summed E-state index contributed by atoms with van der Waals surface area (Å²) < 4.78 is 38.2. The lowest BCUT2D eigenvalue weighted by Gasteiger charge is -2.14. The number of hydrogen-bond donors (Lipinski definition) is 2. The zero-order chi connectivity index (χ0) is 20.3. The molecule has 1 saturated heterocycles. The Morgan fingerprint density at radius 2 is 1.96 bits per heavy atom. The number of methoxy groups -OCH3 is 1. The molecule has 1 aliphatic rings. The van der Waals surface area contributed by atoms with E-state index in [2.05, 4.69) is 10.0 Å². The van der Waals surface area contributed by atoms with Gasteiger partial charge in [0.15, 0.2) is 0 Å². The van der Waals surface area contributed by atoms with Crippen LogP contribution < -0.4 is 14.8 Å². The van der Waals surface area contributed by atoms with Gasteiger partial charge in [-0.1, -0.05) is 23.2 Å². The average molecular weight is 445 g/mol. The summed E-state index contributed by atoms with van der Waals surface area (Å²) in [5, 5.41) is 3.29. The number of rotatable bonds is 6. The first-order chi connectivity index (χ1) is 13.3. The van der Waals surface area contributed by atoms with Crippen LogP contribution in [-0.2, 0) is 14.8 Å². The fourth-order valence-corrected chi connectivity index (χ4v) is 4.30. The van der Waals surface area contributed by atoms with Crippen LogP contribution in [0.1, 0.15) is 16.8 Å². The lowest BCUT2D eigenvalue weighted by Crippen LogP contribution is -2.35. The number of sulfonamides is 1. The van der Waals surface area contributed by atoms with Gasteiger partial charge in [0.25, 0.3) is 5.91 Å². The fourth-order valence-electron chi connectivity index (χ4n) is 2.72. The van der Waals surface area contributed by atoms with E-state index in [-0.39, 0.29) is 27.3 Å². The highest BCUT2D eigenvalue weighted by molar-refractivity contribution is 7.89. The summed E-state index contributed by atoms with van der Waals surface area (Å²) in [4.78, 5) is 12.7. The summed E-state index contributed by atoms with van der Waals surface area (Å²) in [6.45, 7) is 0.827. The molecule has 2 aromatic carbocycles. The lowest BCUT2D eigenvalue weighted by atomic mass is 10.2. The van der Waals surface area contributed by atoms with Crippen molar-refractivity contribution >= 4 is 44.8 Å². The summed E-state index contributed by atoms with van der Waals surface area (Å²) in [6.07, 6.45) is 0.597. The highest BCUT2D eigenvalue weighted by atomic mass is 35.5. The normalized spacial score (nSPS) is 16.8. The average Bonchev–Trinajstić information content (AvgIpc) is 3.16. The Morgan fingerprint density at radius 3 is 2.61 bits per heavy atom. The Balaban J connectivity index is 1.87. The van der Waals surface area contributed by atoms with Gasteiger partial charge < -0.3 is 14.8 Å². The topological polar surface area (TPSA) is 93.7 Å². The molecule has 0 bridgehead atoms. The molecule has 3 rings (SSSR count). The van der Waals surface area contributed by atoms with Gasteiger partial charge in [-0.2, -0.15) is 0 Å². The van der Waals surface area contributed by atoms with Crippen molar-refractivity contribution in [3.05, 3.63) is 52.0 Å². The highest BCUT2D eigenvalue weighted by Gasteiger charge is 2.25. The van der Waals surface area contributed by atoms with Crippen LogP contribution in [-0.4, -0.2) is 40.7 Å². The van der Waals surface area contributed by atoms with Crippen LogP contribution in [0, 0.1) is 0 Å². The monoisotopic (exact) mass is 444 g/mol. The second-order valence-electron chi connectivity index (χ2n) is 6.13. The molecule has 2 aromatic rings. The maximum Gasteiger partial charge on any atom is 0.259 e.